The monoisotopic (exact) mass is 310 g/mol. The fraction of sp³-hybridized carbons (Fsp3) is 0.429. The summed E-state index contributed by atoms with van der Waals surface area (Å²) in [5, 5.41) is 8.82. The Bertz CT molecular complexity index is 523. The largest absolute Gasteiger partial charge is 0.463 e. The van der Waals surface area contributed by atoms with E-state index in [1.165, 1.54) is 0 Å². The van der Waals surface area contributed by atoms with Gasteiger partial charge in [0, 0.05) is 10.6 Å². The molecule has 4 nitrogen and oxygen atoms in total. The van der Waals surface area contributed by atoms with E-state index < -0.39 is 0 Å². The molecular weight excluding hydrogens is 292 g/mol. The highest BCUT2D eigenvalue weighted by atomic mass is 32.1. The van der Waals surface area contributed by atoms with Crippen molar-refractivity contribution in [3.8, 4) is 0 Å². The molecule has 1 aliphatic heterocycles. The van der Waals surface area contributed by atoms with Gasteiger partial charge in [-0.15, -0.1) is 11.3 Å². The zero-order chi connectivity index (χ0) is 14.5. The summed E-state index contributed by atoms with van der Waals surface area (Å²) in [4.78, 5) is 13.4. The zero-order valence-electron chi connectivity index (χ0n) is 11.6. The quantitative estimate of drug-likeness (QED) is 0.647. The van der Waals surface area contributed by atoms with Crippen molar-refractivity contribution in [3.63, 3.8) is 0 Å². The van der Waals surface area contributed by atoms with E-state index in [4.69, 9.17) is 17.0 Å². The van der Waals surface area contributed by atoms with Gasteiger partial charge in [0.25, 0.3) is 0 Å². The van der Waals surface area contributed by atoms with Gasteiger partial charge in [0.15, 0.2) is 5.11 Å². The molecule has 20 heavy (non-hydrogen) atoms. The van der Waals surface area contributed by atoms with Gasteiger partial charge >= 0.3 is 5.97 Å². The Morgan fingerprint density at radius 1 is 1.50 bits per heavy atom. The summed E-state index contributed by atoms with van der Waals surface area (Å²) in [5.74, 6) is -0.281. The van der Waals surface area contributed by atoms with Crippen LogP contribution in [-0.2, 0) is 9.53 Å². The predicted octanol–water partition coefficient (Wildman–Crippen LogP) is 2.88. The molecule has 1 aromatic heterocycles. The molecule has 0 saturated carbocycles. The number of esters is 1. The zero-order valence-corrected chi connectivity index (χ0v) is 13.2. The maximum Gasteiger partial charge on any atom is 0.338 e. The van der Waals surface area contributed by atoms with Crippen molar-refractivity contribution in [3.05, 3.63) is 33.7 Å². The SMILES string of the molecule is CCCC1=C(C(=O)OCC)[C@H](c2cccs2)NC(=S)N1. The first-order valence-corrected chi connectivity index (χ1v) is 7.97. The van der Waals surface area contributed by atoms with Gasteiger partial charge in [-0.3, -0.25) is 0 Å². The van der Waals surface area contributed by atoms with Crippen molar-refractivity contribution in [2.75, 3.05) is 6.61 Å². The standard InChI is InChI=1S/C14H18N2O2S2/c1-3-6-9-11(13(17)18-4-2)12(16-14(19)15-9)10-7-5-8-20-10/h5,7-8,12H,3-4,6H2,1-2H3,(H2,15,16,19)/t12-/m0/s1. The van der Waals surface area contributed by atoms with Crippen LogP contribution in [-0.4, -0.2) is 17.7 Å². The Balaban J connectivity index is 2.43. The fourth-order valence-electron chi connectivity index (χ4n) is 2.18. The van der Waals surface area contributed by atoms with Gasteiger partial charge in [-0.05, 0) is 37.0 Å². The second kappa shape index (κ2) is 6.85. The lowest BCUT2D eigenvalue weighted by molar-refractivity contribution is -0.139. The highest BCUT2D eigenvalue weighted by Crippen LogP contribution is 2.31. The molecule has 1 aliphatic rings. The smallest absolute Gasteiger partial charge is 0.338 e. The number of allylic oxidation sites excluding steroid dienone is 1. The Kier molecular flexibility index (Phi) is 5.14. The van der Waals surface area contributed by atoms with Crippen molar-refractivity contribution in [2.45, 2.75) is 32.7 Å². The number of ether oxygens (including phenoxy) is 1. The Hall–Kier alpha value is -1.40. The van der Waals surface area contributed by atoms with Crippen molar-refractivity contribution in [1.29, 1.82) is 0 Å². The van der Waals surface area contributed by atoms with E-state index in [9.17, 15) is 4.79 Å². The molecule has 1 aromatic rings. The first kappa shape index (κ1) is 15.0. The molecule has 0 amide bonds. The van der Waals surface area contributed by atoms with Crippen LogP contribution in [0.3, 0.4) is 0 Å². The van der Waals surface area contributed by atoms with Gasteiger partial charge in [-0.25, -0.2) is 4.79 Å². The Morgan fingerprint density at radius 2 is 2.30 bits per heavy atom. The number of hydrogen-bond acceptors (Lipinski definition) is 4. The molecule has 0 bridgehead atoms. The first-order chi connectivity index (χ1) is 9.67. The molecule has 0 unspecified atom stereocenters. The van der Waals surface area contributed by atoms with Crippen LogP contribution >= 0.6 is 23.6 Å². The number of carbonyl (C=O) groups is 1. The molecule has 0 spiro atoms. The van der Waals surface area contributed by atoms with Gasteiger partial charge in [-0.1, -0.05) is 19.4 Å². The molecule has 0 radical (unpaired) electrons. The van der Waals surface area contributed by atoms with Crippen LogP contribution in [0.25, 0.3) is 0 Å². The summed E-state index contributed by atoms with van der Waals surface area (Å²) in [6.07, 6.45) is 1.71. The maximum atomic E-state index is 12.3. The Labute approximate surface area is 128 Å². The summed E-state index contributed by atoms with van der Waals surface area (Å²) in [5.41, 5.74) is 1.51. The Morgan fingerprint density at radius 3 is 2.90 bits per heavy atom. The van der Waals surface area contributed by atoms with Crippen LogP contribution in [0.15, 0.2) is 28.8 Å². The summed E-state index contributed by atoms with van der Waals surface area (Å²) < 4.78 is 5.21. The average Bonchev–Trinajstić information content (AvgIpc) is 2.92. The van der Waals surface area contributed by atoms with Crippen LogP contribution in [0.1, 0.15) is 37.6 Å². The maximum absolute atomic E-state index is 12.3. The van der Waals surface area contributed by atoms with E-state index in [1.807, 2.05) is 24.4 Å². The topological polar surface area (TPSA) is 50.4 Å². The van der Waals surface area contributed by atoms with Gasteiger partial charge in [0.05, 0.1) is 18.2 Å². The van der Waals surface area contributed by atoms with Crippen LogP contribution in [0.4, 0.5) is 0 Å². The number of hydrogen-bond donors (Lipinski definition) is 2. The number of thiocarbonyl (C=S) groups is 1. The summed E-state index contributed by atoms with van der Waals surface area (Å²) in [6, 6.07) is 3.75. The third-order valence-electron chi connectivity index (χ3n) is 2.98. The number of carbonyl (C=O) groups excluding carboxylic acids is 1. The molecule has 0 saturated heterocycles. The lowest BCUT2D eigenvalue weighted by Crippen LogP contribution is -2.45. The van der Waals surface area contributed by atoms with E-state index in [-0.39, 0.29) is 12.0 Å². The van der Waals surface area contributed by atoms with E-state index in [0.717, 1.165) is 23.4 Å². The minimum Gasteiger partial charge on any atom is -0.463 e. The molecule has 108 valence electrons. The minimum atomic E-state index is -0.281. The molecule has 2 heterocycles. The predicted molar refractivity (Wildman–Crippen MR) is 84.5 cm³/mol. The fourth-order valence-corrected chi connectivity index (χ4v) is 3.21. The molecule has 2 rings (SSSR count). The van der Waals surface area contributed by atoms with Gasteiger partial charge < -0.3 is 15.4 Å². The molecule has 0 aromatic carbocycles. The van der Waals surface area contributed by atoms with E-state index in [1.54, 1.807) is 11.3 Å². The summed E-state index contributed by atoms with van der Waals surface area (Å²) in [6.45, 7) is 4.25. The average molecular weight is 310 g/mol. The summed E-state index contributed by atoms with van der Waals surface area (Å²) >= 11 is 6.85. The molecule has 0 fully saturated rings. The van der Waals surface area contributed by atoms with Crippen LogP contribution in [0.5, 0.6) is 0 Å². The van der Waals surface area contributed by atoms with Gasteiger partial charge in [0.1, 0.15) is 0 Å². The number of rotatable bonds is 5. The van der Waals surface area contributed by atoms with Gasteiger partial charge in [-0.2, -0.15) is 0 Å². The van der Waals surface area contributed by atoms with E-state index in [0.29, 0.717) is 17.3 Å². The van der Waals surface area contributed by atoms with Crippen molar-refractivity contribution >= 4 is 34.6 Å². The number of nitrogens with one attached hydrogen (secondary N) is 2. The van der Waals surface area contributed by atoms with Crippen molar-refractivity contribution < 1.29 is 9.53 Å². The molecule has 1 atom stereocenters. The highest BCUT2D eigenvalue weighted by molar-refractivity contribution is 7.80. The highest BCUT2D eigenvalue weighted by Gasteiger charge is 2.32. The normalized spacial score (nSPS) is 18.5. The molecule has 0 aliphatic carbocycles. The third kappa shape index (κ3) is 3.19. The van der Waals surface area contributed by atoms with E-state index >= 15 is 0 Å². The lowest BCUT2D eigenvalue weighted by Gasteiger charge is -2.30. The number of thiophene rings is 1. The lowest BCUT2D eigenvalue weighted by atomic mass is 9.99. The third-order valence-corrected chi connectivity index (χ3v) is 4.13. The van der Waals surface area contributed by atoms with Crippen molar-refractivity contribution in [1.82, 2.24) is 10.6 Å². The van der Waals surface area contributed by atoms with E-state index in [2.05, 4.69) is 17.6 Å². The molecule has 6 heteroatoms. The minimum absolute atomic E-state index is 0.218. The van der Waals surface area contributed by atoms with Gasteiger partial charge in [0.2, 0.25) is 0 Å². The van der Waals surface area contributed by atoms with Crippen molar-refractivity contribution in [2.24, 2.45) is 0 Å². The first-order valence-electron chi connectivity index (χ1n) is 6.68. The second-order valence-electron chi connectivity index (χ2n) is 4.41. The van der Waals surface area contributed by atoms with Crippen LogP contribution in [0.2, 0.25) is 0 Å². The van der Waals surface area contributed by atoms with Crippen LogP contribution < -0.4 is 10.6 Å². The second-order valence-corrected chi connectivity index (χ2v) is 5.80. The molecule has 2 N–H and O–H groups in total. The summed E-state index contributed by atoms with van der Waals surface area (Å²) in [7, 11) is 0. The van der Waals surface area contributed by atoms with Crippen LogP contribution in [0, 0.1) is 0 Å². The molecular formula is C14H18N2O2S2.